The van der Waals surface area contributed by atoms with Crippen LogP contribution in [-0.2, 0) is 4.79 Å². The lowest BCUT2D eigenvalue weighted by molar-refractivity contribution is -0.122. The van der Waals surface area contributed by atoms with Gasteiger partial charge in [0.25, 0.3) is 0 Å². The van der Waals surface area contributed by atoms with Gasteiger partial charge in [-0.25, -0.2) is 0 Å². The third kappa shape index (κ3) is 1.51. The highest BCUT2D eigenvalue weighted by atomic mass is 16.2. The number of nitrogens with one attached hydrogen (secondary N) is 1. The quantitative estimate of drug-likeness (QED) is 0.548. The average molecular weight is 137 g/mol. The smallest absolute Gasteiger partial charge is 0.224 e. The van der Waals surface area contributed by atoms with Crippen molar-refractivity contribution < 1.29 is 4.79 Å². The third-order valence-corrected chi connectivity index (χ3v) is 1.81. The molecule has 0 aromatic carbocycles. The summed E-state index contributed by atoms with van der Waals surface area (Å²) in [6.07, 6.45) is 5.99. The lowest BCUT2D eigenvalue weighted by atomic mass is 10.3. The van der Waals surface area contributed by atoms with Gasteiger partial charge in [-0.05, 0) is 12.3 Å². The van der Waals surface area contributed by atoms with Crippen LogP contribution in [-0.4, -0.2) is 12.5 Å². The number of carbonyl (C=O) groups excluding carboxylic acids is 1. The van der Waals surface area contributed by atoms with Gasteiger partial charge in [0.05, 0.1) is 6.54 Å². The zero-order chi connectivity index (χ0) is 7.56. The maximum atomic E-state index is 11.0. The van der Waals surface area contributed by atoms with Crippen LogP contribution in [0.1, 0.15) is 13.3 Å². The number of rotatable bonds is 2. The van der Waals surface area contributed by atoms with Crippen molar-refractivity contribution in [2.75, 3.05) is 6.54 Å². The fourth-order valence-corrected chi connectivity index (χ4v) is 0.957. The molecule has 0 aromatic rings. The van der Waals surface area contributed by atoms with Crippen LogP contribution in [0.25, 0.3) is 0 Å². The molecule has 1 rings (SSSR count). The Morgan fingerprint density at radius 2 is 2.50 bits per heavy atom. The fourth-order valence-electron chi connectivity index (χ4n) is 0.957. The molecular formula is C8H11NO. The lowest BCUT2D eigenvalue weighted by Crippen LogP contribution is -2.25. The molecule has 0 spiro atoms. The molecule has 1 amide bonds. The molecule has 2 nitrogen and oxygen atoms in total. The van der Waals surface area contributed by atoms with E-state index in [2.05, 4.69) is 18.2 Å². The van der Waals surface area contributed by atoms with Gasteiger partial charge in [-0.3, -0.25) is 4.79 Å². The molecule has 0 unspecified atom stereocenters. The summed E-state index contributed by atoms with van der Waals surface area (Å²) in [4.78, 5) is 11.0. The van der Waals surface area contributed by atoms with E-state index in [-0.39, 0.29) is 11.8 Å². The molecule has 1 fully saturated rings. The van der Waals surface area contributed by atoms with E-state index < -0.39 is 0 Å². The minimum atomic E-state index is 0.116. The molecule has 1 aliphatic carbocycles. The van der Waals surface area contributed by atoms with Crippen molar-refractivity contribution >= 4 is 5.91 Å². The maximum Gasteiger partial charge on any atom is 0.224 e. The van der Waals surface area contributed by atoms with Crippen molar-refractivity contribution in [1.82, 2.24) is 5.32 Å². The predicted molar refractivity (Wildman–Crippen MR) is 39.1 cm³/mol. The van der Waals surface area contributed by atoms with Crippen LogP contribution in [0, 0.1) is 24.2 Å². The monoisotopic (exact) mass is 137 g/mol. The number of hydrogen-bond donors (Lipinski definition) is 1. The summed E-state index contributed by atoms with van der Waals surface area (Å²) < 4.78 is 0. The highest BCUT2D eigenvalue weighted by Crippen LogP contribution is 2.37. The predicted octanol–water partition coefficient (Wildman–Crippen LogP) is 0.392. The van der Waals surface area contributed by atoms with Crippen LogP contribution in [0.4, 0.5) is 0 Å². The Kier molecular flexibility index (Phi) is 1.96. The molecule has 0 aromatic heterocycles. The van der Waals surface area contributed by atoms with Crippen LogP contribution in [0.3, 0.4) is 0 Å². The van der Waals surface area contributed by atoms with Gasteiger partial charge in [0.2, 0.25) is 5.91 Å². The molecule has 1 N–H and O–H groups in total. The zero-order valence-electron chi connectivity index (χ0n) is 6.05. The van der Waals surface area contributed by atoms with Gasteiger partial charge < -0.3 is 5.32 Å². The molecule has 1 aliphatic rings. The minimum Gasteiger partial charge on any atom is -0.345 e. The molecule has 0 bridgehead atoms. The highest BCUT2D eigenvalue weighted by Gasteiger charge is 2.38. The highest BCUT2D eigenvalue weighted by molar-refractivity contribution is 5.81. The summed E-state index contributed by atoms with van der Waals surface area (Å²) in [6.45, 7) is 2.43. The molecule has 54 valence electrons. The Morgan fingerprint density at radius 3 is 2.90 bits per heavy atom. The van der Waals surface area contributed by atoms with Gasteiger partial charge in [0.15, 0.2) is 0 Å². The molecule has 2 atom stereocenters. The molecular weight excluding hydrogens is 126 g/mol. The Morgan fingerprint density at radius 1 is 1.90 bits per heavy atom. The van der Waals surface area contributed by atoms with Gasteiger partial charge in [0, 0.05) is 5.92 Å². The molecule has 0 saturated heterocycles. The normalized spacial score (nSPS) is 28.8. The van der Waals surface area contributed by atoms with E-state index in [1.807, 2.05) is 0 Å². The molecule has 0 heterocycles. The third-order valence-electron chi connectivity index (χ3n) is 1.81. The van der Waals surface area contributed by atoms with E-state index in [1.165, 1.54) is 0 Å². The minimum absolute atomic E-state index is 0.116. The Balaban J connectivity index is 2.18. The van der Waals surface area contributed by atoms with Gasteiger partial charge in [-0.2, -0.15) is 0 Å². The number of amides is 1. The summed E-state index contributed by atoms with van der Waals surface area (Å²) in [6, 6.07) is 0. The van der Waals surface area contributed by atoms with Gasteiger partial charge in [-0.1, -0.05) is 12.8 Å². The second kappa shape index (κ2) is 2.74. The largest absolute Gasteiger partial charge is 0.345 e. The van der Waals surface area contributed by atoms with E-state index >= 15 is 0 Å². The van der Waals surface area contributed by atoms with Crippen molar-refractivity contribution in [3.8, 4) is 12.3 Å². The van der Waals surface area contributed by atoms with E-state index in [1.54, 1.807) is 0 Å². The summed E-state index contributed by atoms with van der Waals surface area (Å²) in [5.74, 6) is 3.29. The Labute approximate surface area is 61.0 Å². The van der Waals surface area contributed by atoms with Crippen molar-refractivity contribution in [2.45, 2.75) is 13.3 Å². The fraction of sp³-hybridized carbons (Fsp3) is 0.625. The van der Waals surface area contributed by atoms with Crippen molar-refractivity contribution in [1.29, 1.82) is 0 Å². The average Bonchev–Trinajstić information content (AvgIpc) is 2.62. The molecule has 0 aliphatic heterocycles. The van der Waals surface area contributed by atoms with Crippen LogP contribution in [0.15, 0.2) is 0 Å². The van der Waals surface area contributed by atoms with Crippen LogP contribution in [0.5, 0.6) is 0 Å². The van der Waals surface area contributed by atoms with Crippen molar-refractivity contribution in [3.05, 3.63) is 0 Å². The molecule has 1 saturated carbocycles. The van der Waals surface area contributed by atoms with Gasteiger partial charge >= 0.3 is 0 Å². The molecule has 10 heavy (non-hydrogen) atoms. The first-order valence-corrected chi connectivity index (χ1v) is 3.47. The Hall–Kier alpha value is -0.970. The molecule has 2 heteroatoms. The summed E-state index contributed by atoms with van der Waals surface area (Å²) >= 11 is 0. The van der Waals surface area contributed by atoms with Crippen LogP contribution < -0.4 is 5.32 Å². The van der Waals surface area contributed by atoms with Crippen LogP contribution >= 0.6 is 0 Å². The Bertz CT molecular complexity index is 180. The van der Waals surface area contributed by atoms with E-state index in [4.69, 9.17) is 6.42 Å². The SMILES string of the molecule is C#CCNC(=O)[C@@H]1C[C@@H]1C. The summed E-state index contributed by atoms with van der Waals surface area (Å²) in [7, 11) is 0. The zero-order valence-corrected chi connectivity index (χ0v) is 6.05. The van der Waals surface area contributed by atoms with Gasteiger partial charge in [0.1, 0.15) is 0 Å². The first-order chi connectivity index (χ1) is 4.75. The number of hydrogen-bond acceptors (Lipinski definition) is 1. The topological polar surface area (TPSA) is 29.1 Å². The maximum absolute atomic E-state index is 11.0. The summed E-state index contributed by atoms with van der Waals surface area (Å²) in [5, 5.41) is 2.65. The van der Waals surface area contributed by atoms with E-state index in [9.17, 15) is 4.79 Å². The summed E-state index contributed by atoms with van der Waals surface area (Å²) in [5.41, 5.74) is 0. The van der Waals surface area contributed by atoms with Crippen LogP contribution in [0.2, 0.25) is 0 Å². The second-order valence-electron chi connectivity index (χ2n) is 2.74. The van der Waals surface area contributed by atoms with Crippen molar-refractivity contribution in [2.24, 2.45) is 11.8 Å². The number of carbonyl (C=O) groups is 1. The van der Waals surface area contributed by atoms with E-state index in [0.29, 0.717) is 12.5 Å². The first kappa shape index (κ1) is 7.14. The second-order valence-corrected chi connectivity index (χ2v) is 2.74. The lowest BCUT2D eigenvalue weighted by Gasteiger charge is -1.96. The van der Waals surface area contributed by atoms with Crippen molar-refractivity contribution in [3.63, 3.8) is 0 Å². The standard InChI is InChI=1S/C8H11NO/c1-3-4-9-8(10)7-5-6(7)2/h1,6-7H,4-5H2,2H3,(H,9,10)/t6-,7+/m0/s1. The number of terminal acetylenes is 1. The van der Waals surface area contributed by atoms with Gasteiger partial charge in [-0.15, -0.1) is 6.42 Å². The molecule has 0 radical (unpaired) electrons. The van der Waals surface area contributed by atoms with E-state index in [0.717, 1.165) is 6.42 Å². The first-order valence-electron chi connectivity index (χ1n) is 3.47.